The molecule has 2 aromatic heterocycles. The molecule has 33 heavy (non-hydrogen) atoms. The number of aromatic nitrogens is 3. The molecule has 1 aliphatic rings. The van der Waals surface area contributed by atoms with Crippen LogP contribution in [-0.2, 0) is 6.61 Å². The molecule has 0 radical (unpaired) electrons. The quantitative estimate of drug-likeness (QED) is 0.405. The Hall–Kier alpha value is -3.36. The fourth-order valence-electron chi connectivity index (χ4n) is 3.85. The number of benzene rings is 2. The maximum Gasteiger partial charge on any atom is 0.145 e. The summed E-state index contributed by atoms with van der Waals surface area (Å²) in [4.78, 5) is 11.2. The Morgan fingerprint density at radius 1 is 1.12 bits per heavy atom. The van der Waals surface area contributed by atoms with Crippen LogP contribution in [0.5, 0.6) is 11.5 Å². The normalized spacial score (nSPS) is 15.0. The van der Waals surface area contributed by atoms with E-state index >= 15 is 0 Å². The zero-order valence-corrected chi connectivity index (χ0v) is 19.0. The van der Waals surface area contributed by atoms with Crippen LogP contribution >= 0.6 is 11.6 Å². The van der Waals surface area contributed by atoms with Gasteiger partial charge in [0.2, 0.25) is 0 Å². The van der Waals surface area contributed by atoms with Gasteiger partial charge in [0.1, 0.15) is 48.3 Å². The summed E-state index contributed by atoms with van der Waals surface area (Å²) >= 11 is 6.46. The van der Waals surface area contributed by atoms with E-state index in [9.17, 15) is 0 Å². The van der Waals surface area contributed by atoms with E-state index < -0.39 is 0 Å². The zero-order chi connectivity index (χ0) is 22.6. The number of nitrogens with one attached hydrogen (secondary N) is 1. The molecule has 1 saturated heterocycles. The second-order valence-corrected chi connectivity index (χ2v) is 8.45. The largest absolute Gasteiger partial charge is 0.489 e. The fourth-order valence-corrected chi connectivity index (χ4v) is 4.08. The van der Waals surface area contributed by atoms with Gasteiger partial charge in [-0.2, -0.15) is 0 Å². The molecular formula is C24H24ClN5O3. The molecule has 1 aliphatic heterocycles. The Balaban J connectivity index is 1.36. The van der Waals surface area contributed by atoms with Crippen LogP contribution in [0, 0.1) is 0 Å². The molecule has 9 heteroatoms. The smallest absolute Gasteiger partial charge is 0.145 e. The first-order chi connectivity index (χ1) is 16.2. The summed E-state index contributed by atoms with van der Waals surface area (Å²) < 4.78 is 17.0. The van der Waals surface area contributed by atoms with Crippen molar-refractivity contribution in [2.24, 2.45) is 0 Å². The van der Waals surface area contributed by atoms with Crippen LogP contribution < -0.4 is 14.8 Å². The molecule has 8 nitrogen and oxygen atoms in total. The number of ether oxygens (including phenoxy) is 2. The van der Waals surface area contributed by atoms with E-state index in [0.29, 0.717) is 22.3 Å². The van der Waals surface area contributed by atoms with E-state index in [1.165, 1.54) is 6.26 Å². The maximum atomic E-state index is 6.46. The summed E-state index contributed by atoms with van der Waals surface area (Å²) in [5.41, 5.74) is 2.29. The number of likely N-dealkylation sites (tertiary alicyclic amines) is 1. The Kier molecular flexibility index (Phi) is 6.28. The average Bonchev–Trinajstić information content (AvgIpc) is 3.34. The van der Waals surface area contributed by atoms with Crippen molar-refractivity contribution in [1.82, 2.24) is 20.0 Å². The van der Waals surface area contributed by atoms with Gasteiger partial charge in [-0.15, -0.1) is 0 Å². The standard InChI is InChI=1S/C24H24ClN5O3/c1-30-10-7-18(8-11-30)33-22-4-2-3-20-23(22)24(27-15-26-20)28-16-5-6-21(19(25)13-16)31-14-17-9-12-32-29-17/h2-6,9,12-13,15,18H,7-8,10-11,14H2,1H3,(H,26,27,28). The third-order valence-corrected chi connectivity index (χ3v) is 5.94. The monoisotopic (exact) mass is 465 g/mol. The molecule has 0 saturated carbocycles. The molecule has 3 heterocycles. The number of halogens is 1. The van der Waals surface area contributed by atoms with Gasteiger partial charge in [-0.3, -0.25) is 0 Å². The van der Waals surface area contributed by atoms with Gasteiger partial charge in [-0.1, -0.05) is 22.8 Å². The first-order valence-electron chi connectivity index (χ1n) is 10.8. The lowest BCUT2D eigenvalue weighted by atomic mass is 10.1. The highest BCUT2D eigenvalue weighted by Crippen LogP contribution is 2.35. The second kappa shape index (κ2) is 9.64. The first-order valence-corrected chi connectivity index (χ1v) is 11.2. The van der Waals surface area contributed by atoms with Gasteiger partial charge < -0.3 is 24.2 Å². The van der Waals surface area contributed by atoms with Gasteiger partial charge in [0.05, 0.1) is 15.9 Å². The van der Waals surface area contributed by atoms with Crippen LogP contribution in [0.2, 0.25) is 5.02 Å². The Morgan fingerprint density at radius 3 is 2.79 bits per heavy atom. The minimum atomic E-state index is 0.176. The molecule has 0 unspecified atom stereocenters. The predicted octanol–water partition coefficient (Wildman–Crippen LogP) is 5.07. The Morgan fingerprint density at radius 2 is 2.00 bits per heavy atom. The molecule has 170 valence electrons. The minimum absolute atomic E-state index is 0.176. The van der Waals surface area contributed by atoms with Gasteiger partial charge in [-0.25, -0.2) is 9.97 Å². The van der Waals surface area contributed by atoms with Crippen molar-refractivity contribution in [2.45, 2.75) is 25.6 Å². The van der Waals surface area contributed by atoms with Crippen molar-refractivity contribution < 1.29 is 14.0 Å². The van der Waals surface area contributed by atoms with Crippen LogP contribution in [0.3, 0.4) is 0 Å². The molecule has 5 rings (SSSR count). The van der Waals surface area contributed by atoms with Crippen molar-refractivity contribution in [3.05, 3.63) is 65.8 Å². The summed E-state index contributed by atoms with van der Waals surface area (Å²) in [7, 11) is 2.14. The molecule has 2 aromatic carbocycles. The number of hydrogen-bond acceptors (Lipinski definition) is 8. The number of hydrogen-bond donors (Lipinski definition) is 1. The highest BCUT2D eigenvalue weighted by molar-refractivity contribution is 6.32. The number of rotatable bonds is 7. The number of nitrogens with zero attached hydrogens (tertiary/aromatic N) is 4. The van der Waals surface area contributed by atoms with Crippen LogP contribution in [0.4, 0.5) is 11.5 Å². The summed E-state index contributed by atoms with van der Waals surface area (Å²) in [6, 6.07) is 13.1. The summed E-state index contributed by atoms with van der Waals surface area (Å²) in [6.45, 7) is 2.33. The lowest BCUT2D eigenvalue weighted by Gasteiger charge is -2.29. The molecule has 0 bridgehead atoms. The molecule has 0 atom stereocenters. The minimum Gasteiger partial charge on any atom is -0.489 e. The third kappa shape index (κ3) is 5.02. The van der Waals surface area contributed by atoms with Crippen LogP contribution in [0.1, 0.15) is 18.5 Å². The highest BCUT2D eigenvalue weighted by atomic mass is 35.5. The third-order valence-electron chi connectivity index (χ3n) is 5.65. The highest BCUT2D eigenvalue weighted by Gasteiger charge is 2.20. The fraction of sp³-hybridized carbons (Fsp3) is 0.292. The Bertz CT molecular complexity index is 1220. The molecule has 0 amide bonds. The molecular weight excluding hydrogens is 442 g/mol. The maximum absolute atomic E-state index is 6.46. The van der Waals surface area contributed by atoms with E-state index in [0.717, 1.165) is 48.3 Å². The molecule has 0 spiro atoms. The van der Waals surface area contributed by atoms with Crippen LogP contribution in [-0.4, -0.2) is 46.3 Å². The van der Waals surface area contributed by atoms with Crippen molar-refractivity contribution in [2.75, 3.05) is 25.5 Å². The molecule has 1 fully saturated rings. The summed E-state index contributed by atoms with van der Waals surface area (Å²) in [5, 5.41) is 8.52. The summed E-state index contributed by atoms with van der Waals surface area (Å²) in [6.07, 6.45) is 5.21. The average molecular weight is 466 g/mol. The molecule has 1 N–H and O–H groups in total. The van der Waals surface area contributed by atoms with Crippen molar-refractivity contribution >= 4 is 34.0 Å². The zero-order valence-electron chi connectivity index (χ0n) is 18.2. The van der Waals surface area contributed by atoms with E-state index in [1.54, 1.807) is 18.5 Å². The van der Waals surface area contributed by atoms with Gasteiger partial charge in [-0.05, 0) is 50.2 Å². The number of anilines is 2. The van der Waals surface area contributed by atoms with E-state index in [4.69, 9.17) is 25.6 Å². The van der Waals surface area contributed by atoms with Crippen molar-refractivity contribution in [1.29, 1.82) is 0 Å². The lowest BCUT2D eigenvalue weighted by molar-refractivity contribution is 0.116. The van der Waals surface area contributed by atoms with Gasteiger partial charge in [0.25, 0.3) is 0 Å². The van der Waals surface area contributed by atoms with Crippen molar-refractivity contribution in [3.63, 3.8) is 0 Å². The number of piperidine rings is 1. The molecule has 4 aromatic rings. The van der Waals surface area contributed by atoms with E-state index in [-0.39, 0.29) is 12.7 Å². The van der Waals surface area contributed by atoms with E-state index in [2.05, 4.69) is 32.4 Å². The van der Waals surface area contributed by atoms with Crippen LogP contribution in [0.15, 0.2) is 59.6 Å². The lowest BCUT2D eigenvalue weighted by Crippen LogP contribution is -2.35. The predicted molar refractivity (Wildman–Crippen MR) is 126 cm³/mol. The van der Waals surface area contributed by atoms with E-state index in [1.807, 2.05) is 30.3 Å². The Labute approximate surface area is 196 Å². The first kappa shape index (κ1) is 21.5. The number of fused-ring (bicyclic) bond motifs is 1. The van der Waals surface area contributed by atoms with Gasteiger partial charge in [0, 0.05) is 24.8 Å². The van der Waals surface area contributed by atoms with Gasteiger partial charge >= 0.3 is 0 Å². The summed E-state index contributed by atoms with van der Waals surface area (Å²) in [5.74, 6) is 2.00. The van der Waals surface area contributed by atoms with Crippen molar-refractivity contribution in [3.8, 4) is 11.5 Å². The second-order valence-electron chi connectivity index (χ2n) is 8.04. The van der Waals surface area contributed by atoms with Gasteiger partial charge in [0.15, 0.2) is 0 Å². The SMILES string of the molecule is CN1CCC(Oc2cccc3ncnc(Nc4ccc(OCc5ccon5)c(Cl)c4)c23)CC1. The molecule has 0 aliphatic carbocycles. The van der Waals surface area contributed by atoms with Crippen LogP contribution in [0.25, 0.3) is 10.9 Å². The topological polar surface area (TPSA) is 85.5 Å².